The maximum atomic E-state index is 9.88. The van der Waals surface area contributed by atoms with Crippen molar-refractivity contribution >= 4 is 5.96 Å². The van der Waals surface area contributed by atoms with E-state index in [9.17, 15) is 10.1 Å². The lowest BCUT2D eigenvalue weighted by atomic mass is 10.2. The average molecular weight is 205 g/mol. The second-order valence-corrected chi connectivity index (χ2v) is 2.72. The summed E-state index contributed by atoms with van der Waals surface area (Å²) in [5.74, 6) is -0.229. The Bertz CT molecular complexity index is 208. The summed E-state index contributed by atoms with van der Waals surface area (Å²) < 4.78 is 0. The van der Waals surface area contributed by atoms with Crippen LogP contribution < -0.4 is 16.9 Å². The molecule has 0 heterocycles. The molecule has 0 saturated carbocycles. The minimum absolute atomic E-state index is 0.0770. The number of hydrogen-bond acceptors (Lipinski definition) is 5. The van der Waals surface area contributed by atoms with Gasteiger partial charge in [-0.25, -0.2) is 15.1 Å². The number of nitro groups is 1. The van der Waals surface area contributed by atoms with Gasteiger partial charge in [-0.1, -0.05) is 5.43 Å². The molecule has 8 heteroatoms. The molecule has 1 atom stereocenters. The van der Waals surface area contributed by atoms with Gasteiger partial charge in [-0.3, -0.25) is 0 Å². The van der Waals surface area contributed by atoms with Crippen molar-refractivity contribution in [3.63, 3.8) is 0 Å². The van der Waals surface area contributed by atoms with E-state index in [1.165, 1.54) is 0 Å². The highest BCUT2D eigenvalue weighted by atomic mass is 16.7. The fraction of sp³-hybridized carbons (Fsp3) is 0.833. The summed E-state index contributed by atoms with van der Waals surface area (Å²) in [7, 11) is 0. The molecule has 0 bridgehead atoms. The van der Waals surface area contributed by atoms with Gasteiger partial charge in [-0.2, -0.15) is 0 Å². The van der Waals surface area contributed by atoms with Gasteiger partial charge in [0.05, 0.1) is 6.61 Å². The normalized spacial score (nSPS) is 13.7. The van der Waals surface area contributed by atoms with E-state index in [0.717, 1.165) is 0 Å². The van der Waals surface area contributed by atoms with Crippen LogP contribution in [0.15, 0.2) is 4.99 Å². The molecule has 82 valence electrons. The lowest BCUT2D eigenvalue weighted by Gasteiger charge is -2.05. The van der Waals surface area contributed by atoms with Gasteiger partial charge in [-0.15, -0.1) is 0 Å². The fourth-order valence-electron chi connectivity index (χ4n) is 0.773. The molecular weight excluding hydrogens is 190 g/mol. The Morgan fingerprint density at radius 2 is 2.36 bits per heavy atom. The third kappa shape index (κ3) is 7.25. The number of aliphatic hydroxyl groups is 1. The van der Waals surface area contributed by atoms with Crippen LogP contribution in [0.3, 0.4) is 0 Å². The first-order chi connectivity index (χ1) is 6.56. The van der Waals surface area contributed by atoms with Gasteiger partial charge in [0.2, 0.25) is 0 Å². The molecule has 0 amide bonds. The number of aliphatic hydroxyl groups excluding tert-OH is 1. The van der Waals surface area contributed by atoms with Gasteiger partial charge in [0.1, 0.15) is 0 Å². The number of hydrogen-bond donors (Lipinski definition) is 4. The van der Waals surface area contributed by atoms with Gasteiger partial charge in [-0.05, 0) is 12.8 Å². The van der Waals surface area contributed by atoms with Crippen LogP contribution in [0.25, 0.3) is 0 Å². The summed E-state index contributed by atoms with van der Waals surface area (Å²) in [6, 6.07) is -0.269. The smallest absolute Gasteiger partial charge is 0.251 e. The number of rotatable bonds is 6. The molecule has 0 aliphatic rings. The molecule has 0 aromatic heterocycles. The van der Waals surface area contributed by atoms with Crippen LogP contribution in [-0.4, -0.2) is 35.3 Å². The van der Waals surface area contributed by atoms with E-state index in [1.54, 1.807) is 5.43 Å². The van der Waals surface area contributed by atoms with E-state index < -0.39 is 5.03 Å². The topological polar surface area (TPSA) is 140 Å². The Morgan fingerprint density at radius 1 is 1.71 bits per heavy atom. The highest BCUT2D eigenvalue weighted by Crippen LogP contribution is 1.93. The minimum atomic E-state index is -0.779. The van der Waals surface area contributed by atoms with E-state index in [2.05, 4.69) is 4.99 Å². The fourth-order valence-corrected chi connectivity index (χ4v) is 0.773. The number of hydrazine groups is 1. The Kier molecular flexibility index (Phi) is 6.33. The number of nitrogens with one attached hydrogen (secondary N) is 1. The van der Waals surface area contributed by atoms with Gasteiger partial charge < -0.3 is 16.6 Å². The lowest BCUT2D eigenvalue weighted by molar-refractivity contribution is -0.525. The Hall–Kier alpha value is -1.41. The summed E-state index contributed by atoms with van der Waals surface area (Å²) in [5, 5.41) is 17.7. The predicted octanol–water partition coefficient (Wildman–Crippen LogP) is -1.82. The van der Waals surface area contributed by atoms with Crippen molar-refractivity contribution < 1.29 is 10.1 Å². The van der Waals surface area contributed by atoms with Gasteiger partial charge in [0, 0.05) is 12.6 Å². The zero-order chi connectivity index (χ0) is 11.0. The van der Waals surface area contributed by atoms with Crippen molar-refractivity contribution in [2.24, 2.45) is 16.5 Å². The summed E-state index contributed by atoms with van der Waals surface area (Å²) in [6.45, 7) is 0.271. The Morgan fingerprint density at radius 3 is 2.86 bits per heavy atom. The summed E-state index contributed by atoms with van der Waals surface area (Å²) in [4.78, 5) is 13.6. The number of nitrogens with zero attached hydrogens (tertiary/aromatic N) is 2. The maximum absolute atomic E-state index is 9.88. The third-order valence-electron chi connectivity index (χ3n) is 1.46. The standard InChI is InChI=1S/C6H15N5O3/c7-5(4-12)2-1-3-9-6(8)10-11(13)14/h5,12H,1-4,7H2,(H3,8,9,10). The van der Waals surface area contributed by atoms with Crippen LogP contribution in [0.5, 0.6) is 0 Å². The molecular formula is C6H15N5O3. The summed E-state index contributed by atoms with van der Waals surface area (Å²) in [5.41, 5.74) is 12.3. The minimum Gasteiger partial charge on any atom is -0.395 e. The van der Waals surface area contributed by atoms with E-state index in [4.69, 9.17) is 16.6 Å². The molecule has 0 aliphatic carbocycles. The van der Waals surface area contributed by atoms with Gasteiger partial charge >= 0.3 is 0 Å². The van der Waals surface area contributed by atoms with Gasteiger partial charge in [0.25, 0.3) is 5.96 Å². The zero-order valence-electron chi connectivity index (χ0n) is 7.72. The maximum Gasteiger partial charge on any atom is 0.251 e. The van der Waals surface area contributed by atoms with Crippen LogP contribution >= 0.6 is 0 Å². The molecule has 6 N–H and O–H groups in total. The van der Waals surface area contributed by atoms with Crippen LogP contribution in [0, 0.1) is 10.1 Å². The first kappa shape index (κ1) is 12.6. The van der Waals surface area contributed by atoms with Crippen molar-refractivity contribution in [2.45, 2.75) is 18.9 Å². The second-order valence-electron chi connectivity index (χ2n) is 2.72. The molecule has 14 heavy (non-hydrogen) atoms. The molecule has 1 unspecified atom stereocenters. The molecule has 8 nitrogen and oxygen atoms in total. The van der Waals surface area contributed by atoms with E-state index >= 15 is 0 Å². The van der Waals surface area contributed by atoms with Crippen LogP contribution in [-0.2, 0) is 0 Å². The van der Waals surface area contributed by atoms with Crippen molar-refractivity contribution in [3.8, 4) is 0 Å². The zero-order valence-corrected chi connectivity index (χ0v) is 7.72. The SMILES string of the molecule is NC(=NCCCC(N)CO)N[N+](=O)[O-]. The Balaban J connectivity index is 3.55. The van der Waals surface area contributed by atoms with E-state index in [-0.39, 0.29) is 18.6 Å². The molecule has 0 spiro atoms. The van der Waals surface area contributed by atoms with Crippen LogP contribution in [0.4, 0.5) is 0 Å². The quantitative estimate of drug-likeness (QED) is 0.132. The summed E-state index contributed by atoms with van der Waals surface area (Å²) in [6.07, 6.45) is 1.23. The molecule has 0 radical (unpaired) electrons. The average Bonchev–Trinajstić information content (AvgIpc) is 2.10. The molecule has 0 saturated heterocycles. The lowest BCUT2D eigenvalue weighted by Crippen LogP contribution is -2.36. The monoisotopic (exact) mass is 205 g/mol. The highest BCUT2D eigenvalue weighted by Gasteiger charge is 2.00. The van der Waals surface area contributed by atoms with Crippen molar-refractivity contribution in [3.05, 3.63) is 10.1 Å². The third-order valence-corrected chi connectivity index (χ3v) is 1.46. The number of nitrogens with two attached hydrogens (primary N) is 2. The summed E-state index contributed by atoms with van der Waals surface area (Å²) >= 11 is 0. The number of guanidine groups is 1. The first-order valence-corrected chi connectivity index (χ1v) is 4.13. The van der Waals surface area contributed by atoms with Crippen molar-refractivity contribution in [2.75, 3.05) is 13.2 Å². The Labute approximate surface area is 81.1 Å². The van der Waals surface area contributed by atoms with Crippen molar-refractivity contribution in [1.29, 1.82) is 0 Å². The van der Waals surface area contributed by atoms with Gasteiger partial charge in [0.15, 0.2) is 5.03 Å². The molecule has 0 aromatic carbocycles. The molecule has 0 rings (SSSR count). The highest BCUT2D eigenvalue weighted by molar-refractivity contribution is 5.76. The molecule has 0 fully saturated rings. The second kappa shape index (κ2) is 7.04. The van der Waals surface area contributed by atoms with Crippen LogP contribution in [0.1, 0.15) is 12.8 Å². The molecule has 0 aromatic rings. The first-order valence-electron chi connectivity index (χ1n) is 4.13. The molecule has 0 aliphatic heterocycles. The number of aliphatic imine (C=N–C) groups is 1. The van der Waals surface area contributed by atoms with E-state index in [1.807, 2.05) is 0 Å². The predicted molar refractivity (Wildman–Crippen MR) is 50.9 cm³/mol. The van der Waals surface area contributed by atoms with Crippen molar-refractivity contribution in [1.82, 2.24) is 5.43 Å². The largest absolute Gasteiger partial charge is 0.395 e. The van der Waals surface area contributed by atoms with Crippen LogP contribution in [0.2, 0.25) is 0 Å². The van der Waals surface area contributed by atoms with E-state index in [0.29, 0.717) is 19.4 Å².